The maximum atomic E-state index is 4.27. The Morgan fingerprint density at radius 1 is 0.789 bits per heavy atom. The third kappa shape index (κ3) is 3.01. The van der Waals surface area contributed by atoms with Crippen LogP contribution in [0.15, 0.2) is 76.7 Å². The Morgan fingerprint density at radius 2 is 1.58 bits per heavy atom. The van der Waals surface area contributed by atoms with Gasteiger partial charge in [-0.15, -0.1) is 10.2 Å². The summed E-state index contributed by atoms with van der Waals surface area (Å²) in [6.45, 7) is 0. The van der Waals surface area contributed by atoms with E-state index in [9.17, 15) is 0 Å². The van der Waals surface area contributed by atoms with Crippen LogP contribution in [0.3, 0.4) is 0 Å². The number of aromatic nitrogens is 2. The fourth-order valence-electron chi connectivity index (χ4n) is 1.70. The zero-order valence-corrected chi connectivity index (χ0v) is 11.0. The van der Waals surface area contributed by atoms with Gasteiger partial charge in [0, 0.05) is 10.5 Å². The monoisotopic (exact) mass is 263 g/mol. The van der Waals surface area contributed by atoms with Gasteiger partial charge in [0.2, 0.25) is 0 Å². The molecule has 19 heavy (non-hydrogen) atoms. The third-order valence-corrected chi connectivity index (χ3v) is 3.55. The fourth-order valence-corrected chi connectivity index (χ4v) is 2.43. The molecule has 1 aromatic heterocycles. The van der Waals surface area contributed by atoms with Crippen molar-refractivity contribution in [3.05, 3.63) is 72.8 Å². The molecule has 0 fully saturated rings. The van der Waals surface area contributed by atoms with Crippen LogP contribution in [0.2, 0.25) is 0 Å². The van der Waals surface area contributed by atoms with Crippen LogP contribution in [-0.4, -0.2) is 10.2 Å². The van der Waals surface area contributed by atoms with Crippen molar-refractivity contribution in [2.75, 3.05) is 0 Å². The van der Waals surface area contributed by atoms with Gasteiger partial charge in [-0.1, -0.05) is 54.2 Å². The van der Waals surface area contributed by atoms with Gasteiger partial charge in [0.1, 0.15) is 5.03 Å². The molecule has 2 aromatic carbocycles. The van der Waals surface area contributed by atoms with Crippen molar-refractivity contribution in [1.82, 2.24) is 10.2 Å². The van der Waals surface area contributed by atoms with Gasteiger partial charge in [0.05, 0.1) is 5.69 Å². The van der Waals surface area contributed by atoms with Gasteiger partial charge in [-0.2, -0.15) is 0 Å². The fraction of sp³-hybridized carbons (Fsp3) is 0. The van der Waals surface area contributed by atoms with Gasteiger partial charge in [0.15, 0.2) is 0 Å². The average Bonchev–Trinajstić information content (AvgIpc) is 2.50. The summed E-state index contributed by atoms with van der Waals surface area (Å²) in [5.74, 6) is 0. The van der Waals surface area contributed by atoms with E-state index >= 15 is 0 Å². The molecule has 1 heterocycles. The summed E-state index contributed by atoms with van der Waals surface area (Å²) in [6, 6.07) is 24.9. The lowest BCUT2D eigenvalue weighted by molar-refractivity contribution is 0.936. The molecule has 0 atom stereocenters. The molecule has 0 aliphatic carbocycles. The Labute approximate surface area is 116 Å². The Kier molecular flexibility index (Phi) is 3.56. The minimum absolute atomic E-state index is 0.894. The molecule has 0 bridgehead atoms. The third-order valence-electron chi connectivity index (χ3n) is 2.62. The van der Waals surface area contributed by atoms with Crippen molar-refractivity contribution in [2.24, 2.45) is 0 Å². The number of hydrogen-bond acceptors (Lipinski definition) is 3. The van der Waals surface area contributed by atoms with Crippen LogP contribution >= 0.6 is 11.8 Å². The highest BCUT2D eigenvalue weighted by Gasteiger charge is 2.02. The SMILES string of the molecule is [c]1ccc(Sc2ccc(-c3ccccc3)nn2)cc1. The summed E-state index contributed by atoms with van der Waals surface area (Å²) >= 11 is 1.60. The molecule has 3 aromatic rings. The van der Waals surface area contributed by atoms with Crippen LogP contribution in [-0.2, 0) is 0 Å². The molecule has 0 aliphatic rings. The number of hydrogen-bond donors (Lipinski definition) is 0. The molecular weight excluding hydrogens is 252 g/mol. The average molecular weight is 263 g/mol. The van der Waals surface area contributed by atoms with Crippen molar-refractivity contribution in [2.45, 2.75) is 9.92 Å². The Hall–Kier alpha value is -2.13. The van der Waals surface area contributed by atoms with Gasteiger partial charge in [0.25, 0.3) is 0 Å². The standard InChI is InChI=1S/C16H11N2S/c1-3-7-13(8-4-1)15-11-12-16(18-17-15)19-14-9-5-2-6-10-14/h1,3-12H. The summed E-state index contributed by atoms with van der Waals surface area (Å²) in [5, 5.41) is 9.41. The summed E-state index contributed by atoms with van der Waals surface area (Å²) in [6.07, 6.45) is 0. The molecular formula is C16H11N2S. The highest BCUT2D eigenvalue weighted by Crippen LogP contribution is 2.26. The molecule has 3 rings (SSSR count). The Bertz CT molecular complexity index is 637. The highest BCUT2D eigenvalue weighted by molar-refractivity contribution is 7.99. The first-order valence-corrected chi connectivity index (χ1v) is 6.76. The maximum absolute atomic E-state index is 4.27. The molecule has 3 heteroatoms. The van der Waals surface area contributed by atoms with E-state index in [0.29, 0.717) is 0 Å². The maximum Gasteiger partial charge on any atom is 0.124 e. The number of benzene rings is 2. The van der Waals surface area contributed by atoms with Crippen LogP contribution in [0.4, 0.5) is 0 Å². The second-order valence-corrected chi connectivity index (χ2v) is 5.05. The number of rotatable bonds is 3. The minimum atomic E-state index is 0.894. The molecule has 0 aliphatic heterocycles. The van der Waals surface area contributed by atoms with E-state index in [2.05, 4.69) is 16.3 Å². The van der Waals surface area contributed by atoms with E-state index in [0.717, 1.165) is 21.2 Å². The first kappa shape index (κ1) is 11.9. The zero-order chi connectivity index (χ0) is 12.9. The van der Waals surface area contributed by atoms with E-state index in [1.54, 1.807) is 11.8 Å². The summed E-state index contributed by atoms with van der Waals surface area (Å²) in [7, 11) is 0. The predicted octanol–water partition coefficient (Wildman–Crippen LogP) is 4.09. The summed E-state index contributed by atoms with van der Waals surface area (Å²) < 4.78 is 0. The van der Waals surface area contributed by atoms with Gasteiger partial charge in [-0.25, -0.2) is 0 Å². The lowest BCUT2D eigenvalue weighted by Gasteiger charge is -2.02. The van der Waals surface area contributed by atoms with Gasteiger partial charge >= 0.3 is 0 Å². The van der Waals surface area contributed by atoms with Crippen molar-refractivity contribution < 1.29 is 0 Å². The van der Waals surface area contributed by atoms with Crippen molar-refractivity contribution in [1.29, 1.82) is 0 Å². The van der Waals surface area contributed by atoms with Crippen LogP contribution in [0.25, 0.3) is 11.3 Å². The van der Waals surface area contributed by atoms with Crippen LogP contribution in [0, 0.1) is 6.07 Å². The highest BCUT2D eigenvalue weighted by atomic mass is 32.2. The lowest BCUT2D eigenvalue weighted by Crippen LogP contribution is -1.88. The predicted molar refractivity (Wildman–Crippen MR) is 76.9 cm³/mol. The summed E-state index contributed by atoms with van der Waals surface area (Å²) in [4.78, 5) is 1.14. The largest absolute Gasteiger partial charge is 0.149 e. The van der Waals surface area contributed by atoms with Crippen LogP contribution in [0.1, 0.15) is 0 Å². The molecule has 2 nitrogen and oxygen atoms in total. The normalized spacial score (nSPS) is 10.3. The first-order chi connectivity index (χ1) is 9.42. The topological polar surface area (TPSA) is 25.8 Å². The van der Waals surface area contributed by atoms with E-state index in [1.807, 2.05) is 66.7 Å². The van der Waals surface area contributed by atoms with E-state index in [-0.39, 0.29) is 0 Å². The second kappa shape index (κ2) is 5.67. The van der Waals surface area contributed by atoms with Crippen LogP contribution < -0.4 is 0 Å². The van der Waals surface area contributed by atoms with Gasteiger partial charge in [-0.05, 0) is 30.3 Å². The minimum Gasteiger partial charge on any atom is -0.149 e. The van der Waals surface area contributed by atoms with Crippen molar-refractivity contribution >= 4 is 11.8 Å². The van der Waals surface area contributed by atoms with Gasteiger partial charge < -0.3 is 0 Å². The quantitative estimate of drug-likeness (QED) is 0.711. The summed E-state index contributed by atoms with van der Waals surface area (Å²) in [5.41, 5.74) is 1.98. The molecule has 0 saturated heterocycles. The zero-order valence-electron chi connectivity index (χ0n) is 10.2. The van der Waals surface area contributed by atoms with E-state index < -0.39 is 0 Å². The van der Waals surface area contributed by atoms with E-state index in [4.69, 9.17) is 0 Å². The molecule has 1 radical (unpaired) electrons. The smallest absolute Gasteiger partial charge is 0.124 e. The van der Waals surface area contributed by atoms with Crippen molar-refractivity contribution in [3.8, 4) is 11.3 Å². The molecule has 0 amide bonds. The Morgan fingerprint density at radius 3 is 2.26 bits per heavy atom. The van der Waals surface area contributed by atoms with Gasteiger partial charge in [-0.3, -0.25) is 0 Å². The molecule has 91 valence electrons. The molecule has 0 N–H and O–H groups in total. The van der Waals surface area contributed by atoms with Crippen LogP contribution in [0.5, 0.6) is 0 Å². The molecule has 0 spiro atoms. The lowest BCUT2D eigenvalue weighted by atomic mass is 10.1. The molecule has 0 unspecified atom stereocenters. The Balaban J connectivity index is 1.80. The second-order valence-electron chi connectivity index (χ2n) is 3.96. The van der Waals surface area contributed by atoms with E-state index in [1.165, 1.54) is 0 Å². The number of nitrogens with zero attached hydrogens (tertiary/aromatic N) is 2. The first-order valence-electron chi connectivity index (χ1n) is 5.95. The molecule has 0 saturated carbocycles. The van der Waals surface area contributed by atoms with Crippen molar-refractivity contribution in [3.63, 3.8) is 0 Å².